The van der Waals surface area contributed by atoms with E-state index in [1.165, 1.54) is 0 Å². The number of hydrogen-bond donors (Lipinski definition) is 2. The van der Waals surface area contributed by atoms with Crippen molar-refractivity contribution in [1.82, 2.24) is 10.2 Å². The molecule has 0 saturated heterocycles. The second-order valence-electron chi connectivity index (χ2n) is 6.22. The van der Waals surface area contributed by atoms with E-state index in [0.717, 1.165) is 0 Å². The van der Waals surface area contributed by atoms with E-state index in [9.17, 15) is 9.59 Å². The molecule has 0 rings (SSSR count). The van der Waals surface area contributed by atoms with Crippen molar-refractivity contribution in [3.8, 4) is 0 Å². The highest BCUT2D eigenvalue weighted by Crippen LogP contribution is 2.12. The van der Waals surface area contributed by atoms with E-state index in [1.807, 2.05) is 41.5 Å². The summed E-state index contributed by atoms with van der Waals surface area (Å²) in [6.45, 7) is 11.3. The van der Waals surface area contributed by atoms with Crippen LogP contribution in [0.4, 0.5) is 0 Å². The van der Waals surface area contributed by atoms with Crippen molar-refractivity contribution in [3.05, 3.63) is 0 Å². The molecule has 0 aliphatic rings. The molecule has 0 atom stereocenters. The van der Waals surface area contributed by atoms with Crippen molar-refractivity contribution in [2.45, 2.75) is 52.6 Å². The van der Waals surface area contributed by atoms with Gasteiger partial charge in [0.25, 0.3) is 0 Å². The lowest BCUT2D eigenvalue weighted by Crippen LogP contribution is -2.52. The number of carboxylic acids is 1. The van der Waals surface area contributed by atoms with Crippen LogP contribution < -0.4 is 5.32 Å². The molecule has 0 aliphatic heterocycles. The third kappa shape index (κ3) is 7.74. The van der Waals surface area contributed by atoms with E-state index in [4.69, 9.17) is 5.11 Å². The highest BCUT2D eigenvalue weighted by atomic mass is 16.4. The summed E-state index contributed by atoms with van der Waals surface area (Å²) >= 11 is 0. The van der Waals surface area contributed by atoms with Gasteiger partial charge in [0.15, 0.2) is 0 Å². The summed E-state index contributed by atoms with van der Waals surface area (Å²) in [7, 11) is 0. The molecular formula is C12H24N2O3. The fraction of sp³-hybridized carbons (Fsp3) is 0.833. The van der Waals surface area contributed by atoms with Crippen LogP contribution in [0.15, 0.2) is 0 Å². The van der Waals surface area contributed by atoms with Gasteiger partial charge in [0.1, 0.15) is 0 Å². The molecule has 0 spiro atoms. The maximum absolute atomic E-state index is 11.8. The predicted molar refractivity (Wildman–Crippen MR) is 66.9 cm³/mol. The topological polar surface area (TPSA) is 69.6 Å². The van der Waals surface area contributed by atoms with Gasteiger partial charge in [-0.15, -0.1) is 0 Å². The minimum absolute atomic E-state index is 0.0903. The average molecular weight is 244 g/mol. The van der Waals surface area contributed by atoms with Gasteiger partial charge in [-0.25, -0.2) is 0 Å². The molecule has 17 heavy (non-hydrogen) atoms. The molecule has 0 radical (unpaired) electrons. The van der Waals surface area contributed by atoms with Gasteiger partial charge in [0, 0.05) is 11.1 Å². The first-order valence-electron chi connectivity index (χ1n) is 5.70. The fourth-order valence-corrected chi connectivity index (χ4v) is 1.32. The van der Waals surface area contributed by atoms with E-state index in [1.54, 1.807) is 4.90 Å². The predicted octanol–water partition coefficient (Wildman–Crippen LogP) is 1.09. The zero-order chi connectivity index (χ0) is 13.9. The van der Waals surface area contributed by atoms with Crippen molar-refractivity contribution in [1.29, 1.82) is 0 Å². The van der Waals surface area contributed by atoms with Gasteiger partial charge in [0.2, 0.25) is 5.91 Å². The molecule has 0 saturated carbocycles. The van der Waals surface area contributed by atoms with Crippen LogP contribution in [0.2, 0.25) is 0 Å². The molecule has 0 aromatic rings. The van der Waals surface area contributed by atoms with Crippen LogP contribution in [-0.2, 0) is 9.59 Å². The summed E-state index contributed by atoms with van der Waals surface area (Å²) in [5.74, 6) is -1.09. The maximum Gasteiger partial charge on any atom is 0.317 e. The Morgan fingerprint density at radius 2 is 1.53 bits per heavy atom. The van der Waals surface area contributed by atoms with E-state index in [-0.39, 0.29) is 30.1 Å². The van der Waals surface area contributed by atoms with Crippen LogP contribution >= 0.6 is 0 Å². The number of nitrogens with one attached hydrogen (secondary N) is 1. The largest absolute Gasteiger partial charge is 0.480 e. The van der Waals surface area contributed by atoms with Crippen molar-refractivity contribution < 1.29 is 14.7 Å². The first kappa shape index (κ1) is 15.9. The monoisotopic (exact) mass is 244 g/mol. The Kier molecular flexibility index (Phi) is 5.13. The summed E-state index contributed by atoms with van der Waals surface area (Å²) in [6.07, 6.45) is 0. The summed E-state index contributed by atoms with van der Waals surface area (Å²) in [5.41, 5.74) is -0.655. The Balaban J connectivity index is 4.55. The highest BCUT2D eigenvalue weighted by Gasteiger charge is 2.26. The Hall–Kier alpha value is -1.10. The molecule has 5 nitrogen and oxygen atoms in total. The van der Waals surface area contributed by atoms with Crippen molar-refractivity contribution >= 4 is 11.9 Å². The Morgan fingerprint density at radius 1 is 1.06 bits per heavy atom. The quantitative estimate of drug-likeness (QED) is 0.776. The zero-order valence-electron chi connectivity index (χ0n) is 11.6. The molecule has 0 heterocycles. The molecule has 1 amide bonds. The molecule has 0 bridgehead atoms. The first-order valence-corrected chi connectivity index (χ1v) is 5.70. The van der Waals surface area contributed by atoms with Gasteiger partial charge in [-0.2, -0.15) is 0 Å². The molecule has 0 aromatic carbocycles. The van der Waals surface area contributed by atoms with Crippen molar-refractivity contribution in [3.63, 3.8) is 0 Å². The standard InChI is InChI=1S/C12H24N2O3/c1-11(2,3)13-9(15)7-14(8-10(16)17)12(4,5)6/h7-8H2,1-6H3,(H,13,15)(H,16,17). The van der Waals surface area contributed by atoms with Crippen LogP contribution in [0.25, 0.3) is 0 Å². The smallest absolute Gasteiger partial charge is 0.317 e. The lowest BCUT2D eigenvalue weighted by Gasteiger charge is -2.34. The maximum atomic E-state index is 11.8. The van der Waals surface area contributed by atoms with Crippen LogP contribution in [-0.4, -0.2) is 46.1 Å². The fourth-order valence-electron chi connectivity index (χ4n) is 1.32. The van der Waals surface area contributed by atoms with Gasteiger partial charge in [-0.1, -0.05) is 0 Å². The minimum Gasteiger partial charge on any atom is -0.480 e. The van der Waals surface area contributed by atoms with Crippen LogP contribution in [0, 0.1) is 0 Å². The number of amides is 1. The van der Waals surface area contributed by atoms with Gasteiger partial charge >= 0.3 is 5.97 Å². The van der Waals surface area contributed by atoms with Crippen LogP contribution in [0.1, 0.15) is 41.5 Å². The Bertz CT molecular complexity index is 287. The van der Waals surface area contributed by atoms with E-state index in [0.29, 0.717) is 0 Å². The van der Waals surface area contributed by atoms with Crippen LogP contribution in [0.3, 0.4) is 0 Å². The summed E-state index contributed by atoms with van der Waals surface area (Å²) in [5, 5.41) is 11.6. The Morgan fingerprint density at radius 3 is 1.82 bits per heavy atom. The molecule has 0 aliphatic carbocycles. The van der Waals surface area contributed by atoms with E-state index < -0.39 is 5.97 Å². The van der Waals surface area contributed by atoms with E-state index >= 15 is 0 Å². The second kappa shape index (κ2) is 5.49. The summed E-state index contributed by atoms with van der Waals surface area (Å²) < 4.78 is 0. The molecule has 100 valence electrons. The van der Waals surface area contributed by atoms with Crippen molar-refractivity contribution in [2.24, 2.45) is 0 Å². The molecule has 0 unspecified atom stereocenters. The number of carbonyl (C=O) groups is 2. The molecule has 0 fully saturated rings. The number of rotatable bonds is 4. The van der Waals surface area contributed by atoms with Gasteiger partial charge in [0.05, 0.1) is 13.1 Å². The normalized spacial score (nSPS) is 12.6. The molecular weight excluding hydrogens is 220 g/mol. The Labute approximate surface area is 103 Å². The van der Waals surface area contributed by atoms with Crippen LogP contribution in [0.5, 0.6) is 0 Å². The molecule has 5 heteroatoms. The van der Waals surface area contributed by atoms with Gasteiger partial charge in [-0.05, 0) is 41.5 Å². The number of nitrogens with zero attached hydrogens (tertiary/aromatic N) is 1. The SMILES string of the molecule is CC(C)(C)NC(=O)CN(CC(=O)O)C(C)(C)C. The van der Waals surface area contributed by atoms with E-state index in [2.05, 4.69) is 5.32 Å². The highest BCUT2D eigenvalue weighted by molar-refractivity contribution is 5.79. The third-order valence-corrected chi connectivity index (χ3v) is 2.12. The molecule has 0 aromatic heterocycles. The lowest BCUT2D eigenvalue weighted by atomic mass is 10.1. The summed E-state index contributed by atoms with van der Waals surface area (Å²) in [4.78, 5) is 24.1. The van der Waals surface area contributed by atoms with Crippen molar-refractivity contribution in [2.75, 3.05) is 13.1 Å². The number of hydrogen-bond acceptors (Lipinski definition) is 3. The minimum atomic E-state index is -0.927. The third-order valence-electron chi connectivity index (χ3n) is 2.12. The van der Waals surface area contributed by atoms with Gasteiger partial charge < -0.3 is 10.4 Å². The lowest BCUT2D eigenvalue weighted by molar-refractivity contribution is -0.140. The van der Waals surface area contributed by atoms with Gasteiger partial charge in [-0.3, -0.25) is 14.5 Å². The zero-order valence-corrected chi connectivity index (χ0v) is 11.6. The molecule has 2 N–H and O–H groups in total. The number of carboxylic acid groups (broad SMARTS) is 1. The second-order valence-corrected chi connectivity index (χ2v) is 6.22. The number of carbonyl (C=O) groups excluding carboxylic acids is 1. The number of aliphatic carboxylic acids is 1. The first-order chi connectivity index (χ1) is 7.42. The average Bonchev–Trinajstić information content (AvgIpc) is 1.95. The summed E-state index contributed by atoms with van der Waals surface area (Å²) in [6, 6.07) is 0.